The number of nitro groups is 1. The first kappa shape index (κ1) is 14.9. The molecule has 1 N–H and O–H groups in total. The molecule has 0 aromatic heterocycles. The van der Waals surface area contributed by atoms with Gasteiger partial charge in [0.05, 0.1) is 9.82 Å². The fraction of sp³-hybridized carbons (Fsp3) is 0.0769. The second-order valence-electron chi connectivity index (χ2n) is 4.34. The Hall–Kier alpha value is -2.48. The number of benzene rings is 2. The number of sulfonamides is 1. The number of rotatable bonds is 4. The predicted molar refractivity (Wildman–Crippen MR) is 75.0 cm³/mol. The third-order valence-electron chi connectivity index (χ3n) is 2.73. The first-order chi connectivity index (χ1) is 9.79. The Balaban J connectivity index is 2.38. The van der Waals surface area contributed by atoms with Gasteiger partial charge in [0, 0.05) is 11.8 Å². The molecule has 2 rings (SSSR count). The summed E-state index contributed by atoms with van der Waals surface area (Å²) in [6, 6.07) is 8.96. The Bertz CT molecular complexity index is 788. The molecule has 0 atom stereocenters. The molecule has 6 nitrogen and oxygen atoms in total. The molecule has 0 aliphatic carbocycles. The fourth-order valence-electron chi connectivity index (χ4n) is 1.64. The number of nitrogens with one attached hydrogen (secondary N) is 1. The van der Waals surface area contributed by atoms with E-state index in [1.54, 1.807) is 24.3 Å². The zero-order valence-corrected chi connectivity index (χ0v) is 11.7. The lowest BCUT2D eigenvalue weighted by atomic mass is 10.2. The monoisotopic (exact) mass is 310 g/mol. The topological polar surface area (TPSA) is 89.3 Å². The number of anilines is 1. The SMILES string of the molecule is Cc1ccc(NS(=O)(=O)c2ccc(F)c([N+](=O)[O-])c2)cc1. The molecule has 2 aromatic carbocycles. The van der Waals surface area contributed by atoms with Crippen LogP contribution in [0, 0.1) is 22.9 Å². The zero-order chi connectivity index (χ0) is 15.6. The van der Waals surface area contributed by atoms with Gasteiger partial charge in [0.1, 0.15) is 0 Å². The Labute approximate surface area is 120 Å². The summed E-state index contributed by atoms with van der Waals surface area (Å²) in [6.45, 7) is 1.85. The van der Waals surface area contributed by atoms with Gasteiger partial charge in [-0.25, -0.2) is 8.42 Å². The van der Waals surface area contributed by atoms with Gasteiger partial charge in [0.15, 0.2) is 0 Å². The van der Waals surface area contributed by atoms with Crippen molar-refractivity contribution in [3.05, 3.63) is 64.0 Å². The maximum Gasteiger partial charge on any atom is 0.306 e. The maximum atomic E-state index is 13.2. The third kappa shape index (κ3) is 3.34. The molecule has 0 heterocycles. The van der Waals surface area contributed by atoms with Crippen molar-refractivity contribution in [2.75, 3.05) is 4.72 Å². The summed E-state index contributed by atoms with van der Waals surface area (Å²) in [4.78, 5) is 9.30. The standard InChI is InChI=1S/C13H11FN2O4S/c1-9-2-4-10(5-3-9)15-21(19,20)11-6-7-12(14)13(8-11)16(17)18/h2-8,15H,1H3. The highest BCUT2D eigenvalue weighted by molar-refractivity contribution is 7.92. The molecule has 2 aromatic rings. The molecule has 0 fully saturated rings. The van der Waals surface area contributed by atoms with Gasteiger partial charge in [0.2, 0.25) is 5.82 Å². The minimum absolute atomic E-state index is 0.313. The van der Waals surface area contributed by atoms with Crippen molar-refractivity contribution in [3.63, 3.8) is 0 Å². The van der Waals surface area contributed by atoms with E-state index in [4.69, 9.17) is 0 Å². The Kier molecular flexibility index (Phi) is 3.90. The van der Waals surface area contributed by atoms with Crippen molar-refractivity contribution in [3.8, 4) is 0 Å². The second-order valence-corrected chi connectivity index (χ2v) is 6.02. The van der Waals surface area contributed by atoms with Crippen LogP contribution in [-0.4, -0.2) is 13.3 Å². The normalized spacial score (nSPS) is 11.1. The van der Waals surface area contributed by atoms with Crippen LogP contribution in [-0.2, 0) is 10.0 Å². The summed E-state index contributed by atoms with van der Waals surface area (Å²) >= 11 is 0. The van der Waals surface area contributed by atoms with Crippen molar-refractivity contribution in [2.24, 2.45) is 0 Å². The van der Waals surface area contributed by atoms with E-state index in [1.165, 1.54) is 0 Å². The van der Waals surface area contributed by atoms with Crippen molar-refractivity contribution in [1.29, 1.82) is 0 Å². The summed E-state index contributed by atoms with van der Waals surface area (Å²) in [5, 5.41) is 10.6. The first-order valence-corrected chi connectivity index (χ1v) is 7.31. The molecule has 21 heavy (non-hydrogen) atoms. The number of nitrogens with zero attached hydrogens (tertiary/aromatic N) is 1. The number of hydrogen-bond donors (Lipinski definition) is 1. The lowest BCUT2D eigenvalue weighted by molar-refractivity contribution is -0.387. The molecule has 0 unspecified atom stereocenters. The van der Waals surface area contributed by atoms with Crippen molar-refractivity contribution >= 4 is 21.4 Å². The van der Waals surface area contributed by atoms with E-state index in [2.05, 4.69) is 4.72 Å². The van der Waals surface area contributed by atoms with Gasteiger partial charge in [-0.15, -0.1) is 0 Å². The summed E-state index contributed by atoms with van der Waals surface area (Å²) in [6.07, 6.45) is 0. The molecule has 0 bridgehead atoms. The Morgan fingerprint density at radius 2 is 1.76 bits per heavy atom. The van der Waals surface area contributed by atoms with Crippen LogP contribution in [0.4, 0.5) is 15.8 Å². The number of halogens is 1. The molecule has 8 heteroatoms. The highest BCUT2D eigenvalue weighted by Gasteiger charge is 2.21. The molecule has 0 spiro atoms. The fourth-order valence-corrected chi connectivity index (χ4v) is 2.71. The number of aryl methyl sites for hydroxylation is 1. The average molecular weight is 310 g/mol. The molecular weight excluding hydrogens is 299 g/mol. The lowest BCUT2D eigenvalue weighted by Crippen LogP contribution is -2.13. The van der Waals surface area contributed by atoms with Crippen LogP contribution in [0.1, 0.15) is 5.56 Å². The van der Waals surface area contributed by atoms with Crippen LogP contribution in [0.3, 0.4) is 0 Å². The molecule has 0 amide bonds. The Morgan fingerprint density at radius 3 is 2.33 bits per heavy atom. The van der Waals surface area contributed by atoms with Crippen LogP contribution in [0.2, 0.25) is 0 Å². The largest absolute Gasteiger partial charge is 0.306 e. The highest BCUT2D eigenvalue weighted by atomic mass is 32.2. The van der Waals surface area contributed by atoms with Crippen LogP contribution in [0.15, 0.2) is 47.4 Å². The first-order valence-electron chi connectivity index (χ1n) is 5.83. The van der Waals surface area contributed by atoms with E-state index in [0.717, 1.165) is 17.7 Å². The summed E-state index contributed by atoms with van der Waals surface area (Å²) in [5.41, 5.74) is 0.379. The minimum Gasteiger partial charge on any atom is -0.280 e. The van der Waals surface area contributed by atoms with Crippen molar-refractivity contribution in [1.82, 2.24) is 0 Å². The average Bonchev–Trinajstić information content (AvgIpc) is 2.41. The van der Waals surface area contributed by atoms with Gasteiger partial charge < -0.3 is 0 Å². The number of hydrogen-bond acceptors (Lipinski definition) is 4. The molecular formula is C13H11FN2O4S. The highest BCUT2D eigenvalue weighted by Crippen LogP contribution is 2.23. The van der Waals surface area contributed by atoms with Crippen molar-refractivity contribution < 1.29 is 17.7 Å². The molecule has 0 radical (unpaired) electrons. The van der Waals surface area contributed by atoms with Gasteiger partial charge in [0.25, 0.3) is 10.0 Å². The molecule has 0 aliphatic rings. The van der Waals surface area contributed by atoms with Gasteiger partial charge in [-0.3, -0.25) is 14.8 Å². The Morgan fingerprint density at radius 1 is 1.14 bits per heavy atom. The summed E-state index contributed by atoms with van der Waals surface area (Å²) in [7, 11) is -4.02. The van der Waals surface area contributed by atoms with Crippen LogP contribution >= 0.6 is 0 Å². The molecule has 0 saturated heterocycles. The van der Waals surface area contributed by atoms with Gasteiger partial charge in [-0.05, 0) is 31.2 Å². The van der Waals surface area contributed by atoms with Crippen LogP contribution in [0.25, 0.3) is 0 Å². The smallest absolute Gasteiger partial charge is 0.280 e. The van der Waals surface area contributed by atoms with E-state index in [1.807, 2.05) is 6.92 Å². The second kappa shape index (κ2) is 5.49. The van der Waals surface area contributed by atoms with Gasteiger partial charge in [-0.1, -0.05) is 17.7 Å². The lowest BCUT2D eigenvalue weighted by Gasteiger charge is -2.08. The third-order valence-corrected chi connectivity index (χ3v) is 4.11. The summed E-state index contributed by atoms with van der Waals surface area (Å²) < 4.78 is 39.7. The van der Waals surface area contributed by atoms with E-state index in [-0.39, 0.29) is 4.90 Å². The van der Waals surface area contributed by atoms with E-state index in [9.17, 15) is 22.9 Å². The quantitative estimate of drug-likeness (QED) is 0.694. The van der Waals surface area contributed by atoms with Crippen LogP contribution < -0.4 is 4.72 Å². The summed E-state index contributed by atoms with van der Waals surface area (Å²) in [5.74, 6) is -1.09. The van der Waals surface area contributed by atoms with E-state index < -0.39 is 26.5 Å². The molecule has 0 aliphatic heterocycles. The zero-order valence-electron chi connectivity index (χ0n) is 10.9. The molecule has 0 saturated carbocycles. The number of nitro benzene ring substituents is 1. The van der Waals surface area contributed by atoms with E-state index >= 15 is 0 Å². The van der Waals surface area contributed by atoms with E-state index in [0.29, 0.717) is 11.8 Å². The van der Waals surface area contributed by atoms with Gasteiger partial charge >= 0.3 is 5.69 Å². The van der Waals surface area contributed by atoms with Crippen LogP contribution in [0.5, 0.6) is 0 Å². The maximum absolute atomic E-state index is 13.2. The van der Waals surface area contributed by atoms with Crippen molar-refractivity contribution in [2.45, 2.75) is 11.8 Å². The van der Waals surface area contributed by atoms with Gasteiger partial charge in [-0.2, -0.15) is 4.39 Å². The minimum atomic E-state index is -4.02. The molecule has 110 valence electrons. The predicted octanol–water partition coefficient (Wildman–Crippen LogP) is 2.84.